The molecule has 2 atom stereocenters. The first-order chi connectivity index (χ1) is 18.9. The molecule has 2 N–H and O–H groups in total. The van der Waals surface area contributed by atoms with Gasteiger partial charge in [0.25, 0.3) is 0 Å². The largest absolute Gasteiger partial charge is 0.495 e. The fourth-order valence-corrected chi connectivity index (χ4v) is 5.23. The van der Waals surface area contributed by atoms with Crippen molar-refractivity contribution in [3.8, 4) is 11.4 Å². The zero-order chi connectivity index (χ0) is 27.5. The van der Waals surface area contributed by atoms with Crippen molar-refractivity contribution in [2.45, 2.75) is 19.0 Å². The van der Waals surface area contributed by atoms with Gasteiger partial charge in [-0.05, 0) is 66.8 Å². The van der Waals surface area contributed by atoms with Crippen LogP contribution in [-0.4, -0.2) is 40.8 Å². The number of nitrogens with zero attached hydrogens (tertiary/aromatic N) is 3. The van der Waals surface area contributed by atoms with Crippen molar-refractivity contribution in [2.24, 2.45) is 0 Å². The van der Waals surface area contributed by atoms with E-state index >= 15 is 0 Å². The Balaban J connectivity index is 1.69. The average molecular weight is 542 g/mol. The van der Waals surface area contributed by atoms with Crippen LogP contribution in [0.5, 0.6) is 5.75 Å². The van der Waals surface area contributed by atoms with E-state index in [1.807, 2.05) is 70.3 Å². The van der Waals surface area contributed by atoms with Crippen LogP contribution in [-0.2, 0) is 9.53 Å². The maximum absolute atomic E-state index is 12.6. The highest BCUT2D eigenvalue weighted by Gasteiger charge is 2.42. The van der Waals surface area contributed by atoms with E-state index in [1.54, 1.807) is 31.5 Å². The molecule has 9 nitrogen and oxygen atoms in total. The fourth-order valence-electron chi connectivity index (χ4n) is 4.89. The SMILES string of the molecule is COC(=O)c1ccccc1-n1cccc1[C@H]1[C@H](c2ccccn2)NC(=S)N1c1ccc(OC)c(NC(C)=O)c1. The predicted octanol–water partition coefficient (Wildman–Crippen LogP) is 4.80. The minimum absolute atomic E-state index is 0.219. The van der Waals surface area contributed by atoms with Crippen LogP contribution in [0.3, 0.4) is 0 Å². The van der Waals surface area contributed by atoms with Gasteiger partial charge in [-0.1, -0.05) is 18.2 Å². The zero-order valence-electron chi connectivity index (χ0n) is 21.6. The van der Waals surface area contributed by atoms with Crippen LogP contribution >= 0.6 is 12.2 Å². The number of pyridine rings is 1. The number of benzene rings is 2. The number of aromatic nitrogens is 2. The van der Waals surface area contributed by atoms with Crippen molar-refractivity contribution in [2.75, 3.05) is 24.4 Å². The molecular formula is C29H27N5O4S. The first kappa shape index (κ1) is 25.9. The maximum atomic E-state index is 12.6. The molecule has 10 heteroatoms. The van der Waals surface area contributed by atoms with Crippen molar-refractivity contribution in [3.63, 3.8) is 0 Å². The fraction of sp³-hybridized carbons (Fsp3) is 0.172. The lowest BCUT2D eigenvalue weighted by atomic mass is 10.00. The number of thiocarbonyl (C=S) groups is 1. The zero-order valence-corrected chi connectivity index (χ0v) is 22.4. The monoisotopic (exact) mass is 541 g/mol. The topological polar surface area (TPSA) is 97.7 Å². The van der Waals surface area contributed by atoms with E-state index in [0.717, 1.165) is 17.1 Å². The lowest BCUT2D eigenvalue weighted by molar-refractivity contribution is -0.114. The van der Waals surface area contributed by atoms with Crippen LogP contribution in [0.25, 0.3) is 5.69 Å². The number of carbonyl (C=O) groups excluding carboxylic acids is 2. The molecule has 2 aromatic heterocycles. The van der Waals surface area contributed by atoms with Gasteiger partial charge in [0.05, 0.1) is 42.9 Å². The number of para-hydroxylation sites is 1. The maximum Gasteiger partial charge on any atom is 0.339 e. The van der Waals surface area contributed by atoms with Gasteiger partial charge in [-0.3, -0.25) is 9.78 Å². The van der Waals surface area contributed by atoms with Crippen LogP contribution in [0.1, 0.15) is 40.8 Å². The summed E-state index contributed by atoms with van der Waals surface area (Å²) in [5, 5.41) is 6.77. The number of nitrogens with one attached hydrogen (secondary N) is 2. The van der Waals surface area contributed by atoms with E-state index in [4.69, 9.17) is 21.7 Å². The molecule has 1 aliphatic heterocycles. The van der Waals surface area contributed by atoms with Crippen LogP contribution < -0.4 is 20.3 Å². The van der Waals surface area contributed by atoms with Crippen molar-refractivity contribution in [3.05, 3.63) is 102 Å². The third-order valence-corrected chi connectivity index (χ3v) is 6.84. The van der Waals surface area contributed by atoms with E-state index < -0.39 is 5.97 Å². The molecule has 0 unspecified atom stereocenters. The summed E-state index contributed by atoms with van der Waals surface area (Å²) in [5.41, 5.74) is 4.05. The van der Waals surface area contributed by atoms with E-state index in [9.17, 15) is 9.59 Å². The van der Waals surface area contributed by atoms with Crippen molar-refractivity contribution in [1.82, 2.24) is 14.9 Å². The predicted molar refractivity (Wildman–Crippen MR) is 152 cm³/mol. The van der Waals surface area contributed by atoms with Gasteiger partial charge < -0.3 is 29.6 Å². The lowest BCUT2D eigenvalue weighted by Gasteiger charge is -2.29. The van der Waals surface area contributed by atoms with Gasteiger partial charge in [0.15, 0.2) is 5.11 Å². The number of methoxy groups -OCH3 is 2. The molecule has 0 aliphatic carbocycles. The van der Waals surface area contributed by atoms with Crippen molar-refractivity contribution in [1.29, 1.82) is 0 Å². The Morgan fingerprint density at radius 2 is 1.82 bits per heavy atom. The van der Waals surface area contributed by atoms with E-state index in [1.165, 1.54) is 14.0 Å². The highest BCUT2D eigenvalue weighted by atomic mass is 32.1. The van der Waals surface area contributed by atoms with Gasteiger partial charge in [0.1, 0.15) is 11.8 Å². The summed E-state index contributed by atoms with van der Waals surface area (Å²) in [4.78, 5) is 31.2. The molecule has 198 valence electrons. The first-order valence-electron chi connectivity index (χ1n) is 12.2. The van der Waals surface area contributed by atoms with Crippen molar-refractivity contribution < 1.29 is 19.1 Å². The Morgan fingerprint density at radius 1 is 1.03 bits per heavy atom. The molecular weight excluding hydrogens is 514 g/mol. The smallest absolute Gasteiger partial charge is 0.339 e. The van der Waals surface area contributed by atoms with Gasteiger partial charge in [-0.2, -0.15) is 0 Å². The molecule has 1 saturated heterocycles. The minimum atomic E-state index is -0.432. The molecule has 1 amide bonds. The second-order valence-electron chi connectivity index (χ2n) is 8.87. The van der Waals surface area contributed by atoms with Gasteiger partial charge in [-0.15, -0.1) is 0 Å². The minimum Gasteiger partial charge on any atom is -0.495 e. The Labute approximate surface area is 231 Å². The normalized spacial score (nSPS) is 16.5. The highest BCUT2D eigenvalue weighted by molar-refractivity contribution is 7.80. The summed E-state index contributed by atoms with van der Waals surface area (Å²) in [6.07, 6.45) is 3.65. The lowest BCUT2D eigenvalue weighted by Crippen LogP contribution is -2.30. The number of hydrogen-bond acceptors (Lipinski definition) is 6. The van der Waals surface area contributed by atoms with Gasteiger partial charge in [0.2, 0.25) is 5.91 Å². The van der Waals surface area contributed by atoms with Crippen molar-refractivity contribution >= 4 is 40.6 Å². The Morgan fingerprint density at radius 3 is 2.54 bits per heavy atom. The molecule has 1 fully saturated rings. The number of carbonyl (C=O) groups is 2. The Bertz CT molecular complexity index is 1540. The summed E-state index contributed by atoms with van der Waals surface area (Å²) < 4.78 is 12.5. The summed E-state index contributed by atoms with van der Waals surface area (Å²) in [6, 6.07) is 21.8. The van der Waals surface area contributed by atoms with Gasteiger partial charge in [-0.25, -0.2) is 4.79 Å². The van der Waals surface area contributed by atoms with Crippen LogP contribution in [0.2, 0.25) is 0 Å². The molecule has 4 aromatic rings. The molecule has 1 aliphatic rings. The second kappa shape index (κ2) is 11.0. The van der Waals surface area contributed by atoms with E-state index in [2.05, 4.69) is 15.6 Å². The molecule has 3 heterocycles. The quantitative estimate of drug-likeness (QED) is 0.254. The molecule has 0 spiro atoms. The molecule has 2 aromatic carbocycles. The molecule has 39 heavy (non-hydrogen) atoms. The summed E-state index contributed by atoms with van der Waals surface area (Å²) in [6.45, 7) is 1.44. The van der Waals surface area contributed by atoms with E-state index in [0.29, 0.717) is 27.8 Å². The molecule has 0 radical (unpaired) electrons. The summed E-state index contributed by atoms with van der Waals surface area (Å²) in [7, 11) is 2.91. The van der Waals surface area contributed by atoms with Gasteiger partial charge >= 0.3 is 5.97 Å². The Kier molecular flexibility index (Phi) is 7.29. The number of anilines is 2. The highest BCUT2D eigenvalue weighted by Crippen LogP contribution is 2.44. The molecule has 0 saturated carbocycles. The van der Waals surface area contributed by atoms with Gasteiger partial charge in [0, 0.05) is 30.7 Å². The number of amides is 1. The number of esters is 1. The summed E-state index contributed by atoms with van der Waals surface area (Å²) >= 11 is 5.87. The summed E-state index contributed by atoms with van der Waals surface area (Å²) in [5.74, 6) is -0.123. The van der Waals surface area contributed by atoms with Crippen LogP contribution in [0, 0.1) is 0 Å². The molecule has 5 rings (SSSR count). The van der Waals surface area contributed by atoms with Crippen LogP contribution in [0.4, 0.5) is 11.4 Å². The number of rotatable bonds is 7. The third-order valence-electron chi connectivity index (χ3n) is 6.52. The third kappa shape index (κ3) is 4.94. The average Bonchev–Trinajstić information content (AvgIpc) is 3.57. The number of hydrogen-bond donors (Lipinski definition) is 2. The first-order valence-corrected chi connectivity index (χ1v) is 12.6. The second-order valence-corrected chi connectivity index (χ2v) is 9.26. The number of ether oxygens (including phenoxy) is 2. The van der Waals surface area contributed by atoms with E-state index in [-0.39, 0.29) is 18.0 Å². The Hall–Kier alpha value is -4.70. The molecule has 0 bridgehead atoms. The van der Waals surface area contributed by atoms with Crippen LogP contribution in [0.15, 0.2) is 85.2 Å². The standard InChI is InChI=1S/C29H27N5O4S/c1-18(35)31-22-17-19(13-14-25(22)37-2)34-27(26(32-29(34)39)21-10-6-7-15-30-21)24-12-8-16-33(24)23-11-5-4-9-20(23)28(36)38-3/h4-17,26-27H,1-3H3,(H,31,35)(H,32,39)/t26-,27-/m0/s1.